The second-order valence-corrected chi connectivity index (χ2v) is 7.22. The van der Waals surface area contributed by atoms with Gasteiger partial charge in [-0.25, -0.2) is 9.37 Å². The van der Waals surface area contributed by atoms with Gasteiger partial charge in [0.25, 0.3) is 0 Å². The molecule has 0 saturated carbocycles. The molecule has 1 unspecified atom stereocenters. The number of aromatic nitrogens is 2. The van der Waals surface area contributed by atoms with Crippen LogP contribution in [0.2, 0.25) is 5.02 Å². The van der Waals surface area contributed by atoms with E-state index in [9.17, 15) is 4.39 Å². The largest absolute Gasteiger partial charge is 0.368 e. The quantitative estimate of drug-likeness (QED) is 0.814. The SMILES string of the molecule is Cc1cc(Nc2cc(F)c(SC3=CC=NCC3C)c(Cl)c2)nc(N)n1. The molecule has 0 bridgehead atoms. The Hall–Kier alpha value is -2.12. The summed E-state index contributed by atoms with van der Waals surface area (Å²) in [5.74, 6) is 0.492. The number of dihydropyridines is 1. The summed E-state index contributed by atoms with van der Waals surface area (Å²) in [6.45, 7) is 4.56. The Morgan fingerprint density at radius 3 is 2.80 bits per heavy atom. The highest BCUT2D eigenvalue weighted by Gasteiger charge is 2.17. The molecule has 2 heterocycles. The second kappa shape index (κ2) is 7.41. The van der Waals surface area contributed by atoms with Gasteiger partial charge >= 0.3 is 0 Å². The average molecular weight is 378 g/mol. The highest BCUT2D eigenvalue weighted by Crippen LogP contribution is 2.40. The lowest BCUT2D eigenvalue weighted by atomic mass is 10.1. The van der Waals surface area contributed by atoms with Crippen LogP contribution in [-0.2, 0) is 0 Å². The van der Waals surface area contributed by atoms with Crippen LogP contribution in [0.15, 0.2) is 39.1 Å². The first-order chi connectivity index (χ1) is 11.9. The smallest absolute Gasteiger partial charge is 0.222 e. The second-order valence-electron chi connectivity index (χ2n) is 5.73. The normalized spacial score (nSPS) is 16.6. The number of hydrogen-bond acceptors (Lipinski definition) is 6. The summed E-state index contributed by atoms with van der Waals surface area (Å²) in [6, 6.07) is 4.78. The van der Waals surface area contributed by atoms with E-state index in [4.69, 9.17) is 17.3 Å². The van der Waals surface area contributed by atoms with Gasteiger partial charge in [0.15, 0.2) is 0 Å². The van der Waals surface area contributed by atoms with Crippen LogP contribution < -0.4 is 11.1 Å². The summed E-state index contributed by atoms with van der Waals surface area (Å²) in [5.41, 5.74) is 6.84. The standard InChI is InChI=1S/C17H17ClFN5S/c1-9-8-21-4-3-14(9)25-16-12(18)6-11(7-13(16)19)23-15-5-10(2)22-17(20)24-15/h3-7,9H,8H2,1-2H3,(H3,20,22,23,24). The molecule has 2 aromatic rings. The van der Waals surface area contributed by atoms with Crippen LogP contribution in [0, 0.1) is 18.7 Å². The van der Waals surface area contributed by atoms with E-state index in [2.05, 4.69) is 27.2 Å². The summed E-state index contributed by atoms with van der Waals surface area (Å²) in [5, 5.41) is 3.34. The molecule has 3 rings (SSSR count). The lowest BCUT2D eigenvalue weighted by Crippen LogP contribution is -2.06. The van der Waals surface area contributed by atoms with E-state index in [0.29, 0.717) is 33.7 Å². The molecule has 0 amide bonds. The van der Waals surface area contributed by atoms with Gasteiger partial charge in [-0.2, -0.15) is 4.98 Å². The van der Waals surface area contributed by atoms with Crippen LogP contribution in [-0.4, -0.2) is 22.7 Å². The van der Waals surface area contributed by atoms with E-state index in [1.807, 2.05) is 6.08 Å². The van der Waals surface area contributed by atoms with Gasteiger partial charge in [-0.05, 0) is 30.0 Å². The molecular formula is C17H17ClFN5S. The maximum Gasteiger partial charge on any atom is 0.222 e. The number of rotatable bonds is 4. The molecule has 5 nitrogen and oxygen atoms in total. The molecule has 8 heteroatoms. The lowest BCUT2D eigenvalue weighted by molar-refractivity contribution is 0.602. The number of aliphatic imine (C=N–C) groups is 1. The third-order valence-corrected chi connectivity index (χ3v) is 5.37. The number of allylic oxidation sites excluding steroid dienone is 1. The summed E-state index contributed by atoms with van der Waals surface area (Å²) >= 11 is 7.65. The number of benzene rings is 1. The molecule has 1 aromatic carbocycles. The zero-order chi connectivity index (χ0) is 18.0. The van der Waals surface area contributed by atoms with Gasteiger partial charge in [0, 0.05) is 36.1 Å². The van der Waals surface area contributed by atoms with E-state index in [-0.39, 0.29) is 11.9 Å². The minimum absolute atomic E-state index is 0.154. The number of hydrogen-bond donors (Lipinski definition) is 2. The molecule has 130 valence electrons. The highest BCUT2D eigenvalue weighted by atomic mass is 35.5. The van der Waals surface area contributed by atoms with Gasteiger partial charge in [-0.1, -0.05) is 30.3 Å². The Morgan fingerprint density at radius 2 is 2.12 bits per heavy atom. The van der Waals surface area contributed by atoms with Crippen LogP contribution in [0.3, 0.4) is 0 Å². The third kappa shape index (κ3) is 4.29. The van der Waals surface area contributed by atoms with E-state index < -0.39 is 5.82 Å². The fraction of sp³-hybridized carbons (Fsp3) is 0.235. The third-order valence-electron chi connectivity index (χ3n) is 3.57. The highest BCUT2D eigenvalue weighted by molar-refractivity contribution is 8.03. The number of anilines is 3. The summed E-state index contributed by atoms with van der Waals surface area (Å²) in [7, 11) is 0. The summed E-state index contributed by atoms with van der Waals surface area (Å²) in [4.78, 5) is 13.7. The van der Waals surface area contributed by atoms with Crippen LogP contribution in [0.4, 0.5) is 21.8 Å². The molecule has 3 N–H and O–H groups in total. The van der Waals surface area contributed by atoms with Crippen molar-refractivity contribution in [1.29, 1.82) is 0 Å². The van der Waals surface area contributed by atoms with Crippen molar-refractivity contribution in [2.24, 2.45) is 10.9 Å². The predicted octanol–water partition coefficient (Wildman–Crippen LogP) is 4.60. The van der Waals surface area contributed by atoms with Crippen molar-refractivity contribution in [1.82, 2.24) is 9.97 Å². The van der Waals surface area contributed by atoms with Crippen molar-refractivity contribution < 1.29 is 4.39 Å². The average Bonchev–Trinajstić information content (AvgIpc) is 2.51. The van der Waals surface area contributed by atoms with Gasteiger partial charge in [0.05, 0.1) is 9.92 Å². The molecule has 1 aliphatic rings. The Bertz CT molecular complexity index is 825. The molecule has 1 atom stereocenters. The molecule has 1 aliphatic heterocycles. The van der Waals surface area contributed by atoms with E-state index in [1.54, 1.807) is 25.3 Å². The molecule has 0 aliphatic carbocycles. The van der Waals surface area contributed by atoms with Gasteiger partial charge in [-0.3, -0.25) is 4.99 Å². The zero-order valence-electron chi connectivity index (χ0n) is 13.8. The first-order valence-electron chi connectivity index (χ1n) is 7.67. The lowest BCUT2D eigenvalue weighted by Gasteiger charge is -2.17. The number of aryl methyl sites for hydroxylation is 1. The van der Waals surface area contributed by atoms with Gasteiger partial charge in [-0.15, -0.1) is 0 Å². The van der Waals surface area contributed by atoms with Gasteiger partial charge in [0.1, 0.15) is 11.6 Å². The summed E-state index contributed by atoms with van der Waals surface area (Å²) < 4.78 is 14.6. The number of nitrogen functional groups attached to an aromatic ring is 1. The fourth-order valence-electron chi connectivity index (χ4n) is 2.38. The topological polar surface area (TPSA) is 76.2 Å². The maximum absolute atomic E-state index is 14.6. The van der Waals surface area contributed by atoms with E-state index in [1.165, 1.54) is 17.8 Å². The zero-order valence-corrected chi connectivity index (χ0v) is 15.3. The molecule has 1 aromatic heterocycles. The van der Waals surface area contributed by atoms with Crippen LogP contribution in [0.1, 0.15) is 12.6 Å². The van der Waals surface area contributed by atoms with Gasteiger partial charge in [0.2, 0.25) is 5.95 Å². The first kappa shape index (κ1) is 17.7. The number of thioether (sulfide) groups is 1. The number of nitrogens with two attached hydrogens (primary N) is 1. The monoisotopic (exact) mass is 377 g/mol. The van der Waals surface area contributed by atoms with Crippen molar-refractivity contribution in [3.05, 3.63) is 45.7 Å². The van der Waals surface area contributed by atoms with Crippen molar-refractivity contribution >= 4 is 47.0 Å². The minimum atomic E-state index is -0.394. The van der Waals surface area contributed by atoms with Crippen LogP contribution >= 0.6 is 23.4 Å². The predicted molar refractivity (Wildman–Crippen MR) is 102 cm³/mol. The molecule has 0 radical (unpaired) electrons. The van der Waals surface area contributed by atoms with Crippen molar-refractivity contribution in [2.75, 3.05) is 17.6 Å². The fourth-order valence-corrected chi connectivity index (χ4v) is 3.66. The summed E-state index contributed by atoms with van der Waals surface area (Å²) in [6.07, 6.45) is 3.64. The van der Waals surface area contributed by atoms with E-state index >= 15 is 0 Å². The first-order valence-corrected chi connectivity index (χ1v) is 8.87. The Labute approximate surface area is 154 Å². The van der Waals surface area contributed by atoms with Crippen LogP contribution in [0.25, 0.3) is 0 Å². The molecule has 0 saturated heterocycles. The van der Waals surface area contributed by atoms with Crippen molar-refractivity contribution in [2.45, 2.75) is 18.7 Å². The Kier molecular flexibility index (Phi) is 5.24. The Morgan fingerprint density at radius 1 is 1.32 bits per heavy atom. The molecule has 0 spiro atoms. The number of nitrogens with zero attached hydrogens (tertiary/aromatic N) is 3. The van der Waals surface area contributed by atoms with Gasteiger partial charge < -0.3 is 11.1 Å². The number of halogens is 2. The molecule has 25 heavy (non-hydrogen) atoms. The maximum atomic E-state index is 14.6. The molecular weight excluding hydrogens is 361 g/mol. The Balaban J connectivity index is 1.85. The van der Waals surface area contributed by atoms with Crippen molar-refractivity contribution in [3.8, 4) is 0 Å². The van der Waals surface area contributed by atoms with Crippen molar-refractivity contribution in [3.63, 3.8) is 0 Å². The van der Waals surface area contributed by atoms with E-state index in [0.717, 1.165) is 4.91 Å². The number of nitrogens with one attached hydrogen (secondary N) is 1. The van der Waals surface area contributed by atoms with Crippen LogP contribution in [0.5, 0.6) is 0 Å². The molecule has 0 fully saturated rings. The minimum Gasteiger partial charge on any atom is -0.368 e.